The fourth-order valence-electron chi connectivity index (χ4n) is 2.25. The molecular weight excluding hydrogens is 440 g/mol. The first-order valence-corrected chi connectivity index (χ1v) is 9.22. The van der Waals surface area contributed by atoms with E-state index in [1.807, 2.05) is 24.3 Å². The van der Waals surface area contributed by atoms with E-state index in [9.17, 15) is 14.9 Å². The van der Waals surface area contributed by atoms with Crippen LogP contribution in [0, 0.1) is 10.1 Å². The van der Waals surface area contributed by atoms with Gasteiger partial charge >= 0.3 is 0 Å². The zero-order valence-corrected chi connectivity index (χ0v) is 16.6. The quantitative estimate of drug-likeness (QED) is 0.328. The molecule has 0 bridgehead atoms. The van der Waals surface area contributed by atoms with Crippen LogP contribution in [0.2, 0.25) is 0 Å². The van der Waals surface area contributed by atoms with Gasteiger partial charge in [-0.05, 0) is 53.6 Å². The average Bonchev–Trinajstić information content (AvgIpc) is 2.74. The molecule has 2 aromatic carbocycles. The summed E-state index contributed by atoms with van der Waals surface area (Å²) in [7, 11) is 0. The Morgan fingerprint density at radius 1 is 1.14 bits per heavy atom. The normalized spacial score (nSPS) is 10.7. The number of nitrogens with one attached hydrogen (secondary N) is 1. The summed E-state index contributed by atoms with van der Waals surface area (Å²) in [5.41, 5.74) is 3.99. The summed E-state index contributed by atoms with van der Waals surface area (Å²) in [6.07, 6.45) is 2.49. The van der Waals surface area contributed by atoms with Crippen molar-refractivity contribution >= 4 is 33.7 Å². The zero-order chi connectivity index (χ0) is 20.6. The zero-order valence-electron chi connectivity index (χ0n) is 15.0. The number of hydrogen-bond donors (Lipinski definition) is 1. The number of ether oxygens (including phenoxy) is 1. The van der Waals surface area contributed by atoms with E-state index in [0.29, 0.717) is 12.4 Å². The number of carbonyl (C=O) groups is 1. The van der Waals surface area contributed by atoms with E-state index in [4.69, 9.17) is 4.74 Å². The first kappa shape index (κ1) is 20.2. The number of amides is 1. The third-order valence-corrected chi connectivity index (χ3v) is 4.30. The van der Waals surface area contributed by atoms with Crippen molar-refractivity contribution in [3.05, 3.63) is 98.3 Å². The highest BCUT2D eigenvalue weighted by Gasteiger charge is 2.10. The van der Waals surface area contributed by atoms with Crippen molar-refractivity contribution < 1.29 is 14.5 Å². The second-order valence-electron chi connectivity index (χ2n) is 5.84. The number of carbonyl (C=O) groups excluding carboxylic acids is 1. The molecule has 9 heteroatoms. The summed E-state index contributed by atoms with van der Waals surface area (Å²) >= 11 is 3.39. The molecule has 8 nitrogen and oxygen atoms in total. The minimum atomic E-state index is -0.584. The number of nitrogens with zero attached hydrogens (tertiary/aromatic N) is 3. The van der Waals surface area contributed by atoms with Gasteiger partial charge in [0.1, 0.15) is 24.2 Å². The number of halogens is 1. The van der Waals surface area contributed by atoms with E-state index >= 15 is 0 Å². The van der Waals surface area contributed by atoms with Gasteiger partial charge in [0.15, 0.2) is 0 Å². The maximum absolute atomic E-state index is 11.9. The smallest absolute Gasteiger partial charge is 0.289 e. The van der Waals surface area contributed by atoms with Gasteiger partial charge in [0, 0.05) is 10.5 Å². The average molecular weight is 455 g/mol. The molecule has 3 aromatic rings. The summed E-state index contributed by atoms with van der Waals surface area (Å²) in [6.45, 7) is 0.457. The molecule has 0 aliphatic carbocycles. The summed E-state index contributed by atoms with van der Waals surface area (Å²) < 4.78 is 6.74. The van der Waals surface area contributed by atoms with Gasteiger partial charge in [-0.3, -0.25) is 14.9 Å². The Hall–Kier alpha value is -3.59. The van der Waals surface area contributed by atoms with Gasteiger partial charge in [0.2, 0.25) is 0 Å². The number of aromatic nitrogens is 1. The van der Waals surface area contributed by atoms with Crippen molar-refractivity contribution in [2.45, 2.75) is 6.61 Å². The van der Waals surface area contributed by atoms with Crippen LogP contribution in [0.4, 0.5) is 5.69 Å². The van der Waals surface area contributed by atoms with Crippen LogP contribution in [0.25, 0.3) is 0 Å². The van der Waals surface area contributed by atoms with Gasteiger partial charge in [-0.2, -0.15) is 5.10 Å². The summed E-state index contributed by atoms with van der Waals surface area (Å²) in [6, 6.07) is 17.6. The van der Waals surface area contributed by atoms with Gasteiger partial charge in [-0.15, -0.1) is 0 Å². The lowest BCUT2D eigenvalue weighted by Gasteiger charge is -2.06. The largest absolute Gasteiger partial charge is 0.489 e. The summed E-state index contributed by atoms with van der Waals surface area (Å²) in [4.78, 5) is 25.7. The minimum absolute atomic E-state index is 0.0319. The van der Waals surface area contributed by atoms with E-state index in [-0.39, 0.29) is 11.4 Å². The lowest BCUT2D eigenvalue weighted by Crippen LogP contribution is -2.18. The van der Waals surface area contributed by atoms with Crippen molar-refractivity contribution in [3.8, 4) is 5.75 Å². The molecule has 3 rings (SSSR count). The van der Waals surface area contributed by atoms with E-state index in [1.54, 1.807) is 24.3 Å². The monoisotopic (exact) mass is 454 g/mol. The lowest BCUT2D eigenvalue weighted by molar-refractivity contribution is -0.385. The van der Waals surface area contributed by atoms with Crippen LogP contribution in [0.15, 0.2) is 76.4 Å². The fraction of sp³-hybridized carbons (Fsp3) is 0.0500. The van der Waals surface area contributed by atoms with Crippen molar-refractivity contribution in [1.29, 1.82) is 0 Å². The molecule has 0 aliphatic heterocycles. The number of pyridine rings is 1. The molecule has 1 aromatic heterocycles. The molecule has 0 fully saturated rings. The number of hydrogen-bond acceptors (Lipinski definition) is 6. The maximum Gasteiger partial charge on any atom is 0.289 e. The molecule has 1 N–H and O–H groups in total. The lowest BCUT2D eigenvalue weighted by atomic mass is 10.2. The van der Waals surface area contributed by atoms with Crippen molar-refractivity contribution in [2.75, 3.05) is 0 Å². The molecular formula is C20H15BrN4O4. The predicted octanol–water partition coefficient (Wildman–Crippen LogP) is 4.10. The summed E-state index contributed by atoms with van der Waals surface area (Å²) in [5.74, 6) is 0.148. The molecule has 29 heavy (non-hydrogen) atoms. The topological polar surface area (TPSA) is 107 Å². The molecule has 0 unspecified atom stereocenters. The van der Waals surface area contributed by atoms with Crippen LogP contribution in [-0.4, -0.2) is 22.0 Å². The van der Waals surface area contributed by atoms with Gasteiger partial charge in [-0.25, -0.2) is 10.4 Å². The highest BCUT2D eigenvalue weighted by molar-refractivity contribution is 9.10. The molecule has 0 radical (unpaired) electrons. The molecule has 146 valence electrons. The molecule has 0 spiro atoms. The van der Waals surface area contributed by atoms with Gasteiger partial charge < -0.3 is 4.74 Å². The van der Waals surface area contributed by atoms with Crippen LogP contribution in [0.3, 0.4) is 0 Å². The van der Waals surface area contributed by atoms with Gasteiger partial charge in [-0.1, -0.05) is 28.1 Å². The Morgan fingerprint density at radius 2 is 1.86 bits per heavy atom. The number of benzene rings is 2. The van der Waals surface area contributed by atoms with Crippen molar-refractivity contribution in [1.82, 2.24) is 10.4 Å². The summed E-state index contributed by atoms with van der Waals surface area (Å²) in [5, 5.41) is 14.5. The number of nitro groups is 1. The Morgan fingerprint density at radius 3 is 2.48 bits per heavy atom. The molecule has 0 atom stereocenters. The number of rotatable bonds is 7. The maximum atomic E-state index is 11.9. The highest BCUT2D eigenvalue weighted by atomic mass is 79.9. The van der Waals surface area contributed by atoms with Gasteiger partial charge in [0.25, 0.3) is 11.6 Å². The van der Waals surface area contributed by atoms with Crippen LogP contribution in [-0.2, 0) is 6.61 Å². The van der Waals surface area contributed by atoms with E-state index in [0.717, 1.165) is 21.8 Å². The van der Waals surface area contributed by atoms with E-state index in [1.165, 1.54) is 18.3 Å². The van der Waals surface area contributed by atoms with Crippen LogP contribution in [0.5, 0.6) is 5.75 Å². The van der Waals surface area contributed by atoms with Gasteiger partial charge in [0.05, 0.1) is 11.1 Å². The predicted molar refractivity (Wildman–Crippen MR) is 111 cm³/mol. The third-order valence-electron chi connectivity index (χ3n) is 3.77. The highest BCUT2D eigenvalue weighted by Crippen LogP contribution is 2.15. The second-order valence-corrected chi connectivity index (χ2v) is 6.76. The molecule has 0 aliphatic rings. The minimum Gasteiger partial charge on any atom is -0.489 e. The Kier molecular flexibility index (Phi) is 6.64. The standard InChI is InChI=1S/C20H15BrN4O4/c21-16-5-1-15(2-6-16)13-29-18-8-3-14(4-9-18)11-23-24-20(26)19-10-7-17(12-22-19)25(27)28/h1-12H,13H2,(H,24,26)/b23-11-. The van der Waals surface area contributed by atoms with E-state index in [2.05, 4.69) is 31.4 Å². The van der Waals surface area contributed by atoms with Crippen LogP contribution >= 0.6 is 15.9 Å². The number of hydrazone groups is 1. The SMILES string of the molecule is O=C(N/N=C\c1ccc(OCc2ccc(Br)cc2)cc1)c1ccc([N+](=O)[O-])cn1. The second kappa shape index (κ2) is 9.56. The van der Waals surface area contributed by atoms with Crippen molar-refractivity contribution in [2.24, 2.45) is 5.10 Å². The van der Waals surface area contributed by atoms with Crippen molar-refractivity contribution in [3.63, 3.8) is 0 Å². The van der Waals surface area contributed by atoms with Crippen LogP contribution in [0.1, 0.15) is 21.6 Å². The molecule has 0 saturated heterocycles. The first-order chi connectivity index (χ1) is 14.0. The first-order valence-electron chi connectivity index (χ1n) is 8.42. The van der Waals surface area contributed by atoms with E-state index < -0.39 is 10.8 Å². The Balaban J connectivity index is 1.50. The fourth-order valence-corrected chi connectivity index (χ4v) is 2.51. The Labute approximate surface area is 174 Å². The molecule has 0 saturated carbocycles. The molecule has 1 heterocycles. The Bertz CT molecular complexity index is 1020. The third kappa shape index (κ3) is 5.94. The van der Waals surface area contributed by atoms with Crippen LogP contribution < -0.4 is 10.2 Å². The molecule has 1 amide bonds.